The van der Waals surface area contributed by atoms with Gasteiger partial charge >= 0.3 is 0 Å². The minimum absolute atomic E-state index is 0.00221. The molecule has 0 aliphatic carbocycles. The van der Waals surface area contributed by atoms with Gasteiger partial charge in [0.25, 0.3) is 0 Å². The van der Waals surface area contributed by atoms with Crippen LogP contribution in [-0.4, -0.2) is 45.1 Å². The van der Waals surface area contributed by atoms with Crippen molar-refractivity contribution in [3.8, 4) is 11.3 Å². The summed E-state index contributed by atoms with van der Waals surface area (Å²) in [6, 6.07) is 11.0. The van der Waals surface area contributed by atoms with E-state index in [1.165, 1.54) is 22.5 Å². The van der Waals surface area contributed by atoms with Crippen molar-refractivity contribution in [2.75, 3.05) is 6.54 Å². The van der Waals surface area contributed by atoms with E-state index in [4.69, 9.17) is 4.98 Å². The smallest absolute Gasteiger partial charge is 0.243 e. The maximum Gasteiger partial charge on any atom is 0.243 e. The van der Waals surface area contributed by atoms with Gasteiger partial charge in [-0.25, -0.2) is 17.8 Å². The van der Waals surface area contributed by atoms with E-state index in [-0.39, 0.29) is 16.9 Å². The van der Waals surface area contributed by atoms with Crippen LogP contribution in [0.2, 0.25) is 0 Å². The van der Waals surface area contributed by atoms with Gasteiger partial charge in [-0.05, 0) is 55.7 Å². The molecule has 9 heteroatoms. The highest BCUT2D eigenvalue weighted by Crippen LogP contribution is 2.31. The molecule has 1 fully saturated rings. The van der Waals surface area contributed by atoms with Crippen LogP contribution in [0.1, 0.15) is 13.3 Å². The molecule has 160 valence electrons. The van der Waals surface area contributed by atoms with E-state index >= 15 is 0 Å². The molecule has 0 amide bonds. The average Bonchev–Trinajstić information content (AvgIpc) is 3.49. The SMILES string of the molecule is C[C@@H]1CC(Cn2ccc3nc(-c4cn[nH]c4)ccc32)CN1S(=O)(=O)c1cccc(F)c1. The lowest BCUT2D eigenvalue weighted by Gasteiger charge is -2.21. The minimum Gasteiger partial charge on any atom is -0.346 e. The zero-order valence-corrected chi connectivity index (χ0v) is 17.8. The third-order valence-corrected chi connectivity index (χ3v) is 7.86. The number of rotatable bonds is 5. The number of fused-ring (bicyclic) bond motifs is 1. The molecule has 4 heterocycles. The van der Waals surface area contributed by atoms with E-state index < -0.39 is 15.8 Å². The molecule has 4 aromatic rings. The molecule has 1 aromatic carbocycles. The molecule has 7 nitrogen and oxygen atoms in total. The Kier molecular flexibility index (Phi) is 4.86. The molecule has 5 rings (SSSR count). The Morgan fingerprint density at radius 3 is 2.87 bits per heavy atom. The number of nitrogens with one attached hydrogen (secondary N) is 1. The molecule has 1 unspecified atom stereocenters. The summed E-state index contributed by atoms with van der Waals surface area (Å²) in [5.41, 5.74) is 3.67. The Labute approximate surface area is 179 Å². The van der Waals surface area contributed by atoms with Crippen molar-refractivity contribution in [2.24, 2.45) is 5.92 Å². The van der Waals surface area contributed by atoms with E-state index in [9.17, 15) is 12.8 Å². The molecule has 0 spiro atoms. The van der Waals surface area contributed by atoms with Crippen LogP contribution in [0.5, 0.6) is 0 Å². The van der Waals surface area contributed by atoms with Crippen molar-refractivity contribution < 1.29 is 12.8 Å². The predicted octanol–water partition coefficient (Wildman–Crippen LogP) is 3.66. The summed E-state index contributed by atoms with van der Waals surface area (Å²) in [5, 5.41) is 6.76. The fraction of sp³-hybridized carbons (Fsp3) is 0.273. The van der Waals surface area contributed by atoms with Crippen molar-refractivity contribution in [2.45, 2.75) is 30.8 Å². The highest BCUT2D eigenvalue weighted by atomic mass is 32.2. The number of aromatic amines is 1. The maximum atomic E-state index is 13.6. The first-order chi connectivity index (χ1) is 14.9. The molecule has 3 aromatic heterocycles. The molecule has 0 bridgehead atoms. The summed E-state index contributed by atoms with van der Waals surface area (Å²) in [6.45, 7) is 3.00. The first-order valence-corrected chi connectivity index (χ1v) is 11.6. The Morgan fingerprint density at radius 1 is 1.23 bits per heavy atom. The highest BCUT2D eigenvalue weighted by molar-refractivity contribution is 7.89. The van der Waals surface area contributed by atoms with Crippen LogP contribution in [0.4, 0.5) is 4.39 Å². The summed E-state index contributed by atoms with van der Waals surface area (Å²) in [7, 11) is -3.73. The fourth-order valence-electron chi connectivity index (χ4n) is 4.40. The standard InChI is InChI=1S/C22H22FN5O2S/c1-15-9-16(14-28(15)31(29,30)19-4-2-3-18(23)10-19)13-27-8-7-21-22(27)6-5-20(26-21)17-11-24-25-12-17/h2-8,10-12,15-16H,9,13-14H2,1H3,(H,24,25)/t15-,16?/m1/s1. The number of hydrogen-bond acceptors (Lipinski definition) is 4. The van der Waals surface area contributed by atoms with Crippen LogP contribution < -0.4 is 0 Å². The summed E-state index contributed by atoms with van der Waals surface area (Å²) >= 11 is 0. The summed E-state index contributed by atoms with van der Waals surface area (Å²) in [4.78, 5) is 4.71. The number of hydrogen-bond donors (Lipinski definition) is 1. The zero-order valence-electron chi connectivity index (χ0n) is 16.9. The van der Waals surface area contributed by atoms with Crippen LogP contribution in [0.3, 0.4) is 0 Å². The van der Waals surface area contributed by atoms with Gasteiger partial charge < -0.3 is 4.57 Å². The molecule has 1 aliphatic heterocycles. The van der Waals surface area contributed by atoms with Crippen molar-refractivity contribution in [1.82, 2.24) is 24.1 Å². The second kappa shape index (κ2) is 7.58. The molecule has 1 saturated heterocycles. The number of H-pyrrole nitrogens is 1. The van der Waals surface area contributed by atoms with E-state index in [1.54, 1.807) is 12.4 Å². The number of sulfonamides is 1. The first-order valence-electron chi connectivity index (χ1n) is 10.1. The topological polar surface area (TPSA) is 83.9 Å². The summed E-state index contributed by atoms with van der Waals surface area (Å²) in [6.07, 6.45) is 6.28. The Morgan fingerprint density at radius 2 is 2.10 bits per heavy atom. The van der Waals surface area contributed by atoms with Gasteiger partial charge in [-0.2, -0.15) is 9.40 Å². The van der Waals surface area contributed by atoms with Crippen molar-refractivity contribution >= 4 is 21.1 Å². The Hall–Kier alpha value is -3.04. The van der Waals surface area contributed by atoms with E-state index in [0.717, 1.165) is 34.8 Å². The molecule has 2 atom stereocenters. The van der Waals surface area contributed by atoms with Crippen LogP contribution in [0.15, 0.2) is 66.0 Å². The summed E-state index contributed by atoms with van der Waals surface area (Å²) in [5.74, 6) is -0.395. The van der Waals surface area contributed by atoms with Crippen molar-refractivity contribution in [1.29, 1.82) is 0 Å². The first kappa shape index (κ1) is 19.9. The molecule has 1 aliphatic rings. The van der Waals surface area contributed by atoms with Crippen LogP contribution in [0.25, 0.3) is 22.3 Å². The lowest BCUT2D eigenvalue weighted by molar-refractivity contribution is 0.399. The molecular formula is C22H22FN5O2S. The van der Waals surface area contributed by atoms with E-state index in [0.29, 0.717) is 13.1 Å². The van der Waals surface area contributed by atoms with E-state index in [1.807, 2.05) is 31.3 Å². The van der Waals surface area contributed by atoms with Crippen LogP contribution >= 0.6 is 0 Å². The quantitative estimate of drug-likeness (QED) is 0.514. The number of pyridine rings is 1. The van der Waals surface area contributed by atoms with Gasteiger partial charge in [-0.15, -0.1) is 0 Å². The number of halogens is 1. The van der Waals surface area contributed by atoms with Gasteiger partial charge in [0.15, 0.2) is 0 Å². The number of benzene rings is 1. The van der Waals surface area contributed by atoms with Gasteiger partial charge in [-0.1, -0.05) is 6.07 Å². The van der Waals surface area contributed by atoms with Gasteiger partial charge in [0.05, 0.1) is 27.8 Å². The minimum atomic E-state index is -3.73. The lowest BCUT2D eigenvalue weighted by Crippen LogP contribution is -2.34. The molecule has 31 heavy (non-hydrogen) atoms. The monoisotopic (exact) mass is 439 g/mol. The third kappa shape index (κ3) is 3.64. The molecular weight excluding hydrogens is 417 g/mol. The second-order valence-electron chi connectivity index (χ2n) is 8.04. The Balaban J connectivity index is 1.36. The number of nitrogens with zero attached hydrogens (tertiary/aromatic N) is 4. The van der Waals surface area contributed by atoms with Crippen LogP contribution in [0, 0.1) is 11.7 Å². The molecule has 1 N–H and O–H groups in total. The zero-order chi connectivity index (χ0) is 21.6. The average molecular weight is 440 g/mol. The summed E-state index contributed by atoms with van der Waals surface area (Å²) < 4.78 is 43.3. The highest BCUT2D eigenvalue weighted by Gasteiger charge is 2.38. The van der Waals surface area contributed by atoms with Crippen molar-refractivity contribution in [3.05, 3.63) is 66.9 Å². The fourth-order valence-corrected chi connectivity index (χ4v) is 6.15. The molecule has 0 radical (unpaired) electrons. The lowest BCUT2D eigenvalue weighted by atomic mass is 10.1. The number of aromatic nitrogens is 4. The van der Waals surface area contributed by atoms with E-state index in [2.05, 4.69) is 14.8 Å². The third-order valence-electron chi connectivity index (χ3n) is 5.88. The van der Waals surface area contributed by atoms with Crippen molar-refractivity contribution in [3.63, 3.8) is 0 Å². The maximum absolute atomic E-state index is 13.6. The largest absolute Gasteiger partial charge is 0.346 e. The van der Waals surface area contributed by atoms with Crippen LogP contribution in [-0.2, 0) is 16.6 Å². The van der Waals surface area contributed by atoms with Gasteiger partial charge in [0, 0.05) is 37.1 Å². The van der Waals surface area contributed by atoms with Gasteiger partial charge in [0.2, 0.25) is 10.0 Å². The molecule has 0 saturated carbocycles. The van der Waals surface area contributed by atoms with Gasteiger partial charge in [-0.3, -0.25) is 5.10 Å². The second-order valence-corrected chi connectivity index (χ2v) is 9.93. The van der Waals surface area contributed by atoms with Gasteiger partial charge in [0.1, 0.15) is 5.82 Å². The predicted molar refractivity (Wildman–Crippen MR) is 115 cm³/mol. The Bertz CT molecular complexity index is 1330. The normalized spacial score (nSPS) is 19.9.